The molecule has 0 atom stereocenters. The maximum Gasteiger partial charge on any atom is 0.291 e. The van der Waals surface area contributed by atoms with Gasteiger partial charge in [0.05, 0.1) is 12.0 Å². The lowest BCUT2D eigenvalue weighted by atomic mass is 10.1. The fraction of sp³-hybridized carbons (Fsp3) is 0.118. The van der Waals surface area contributed by atoms with Crippen molar-refractivity contribution in [2.45, 2.75) is 11.8 Å². The van der Waals surface area contributed by atoms with Gasteiger partial charge >= 0.3 is 0 Å². The Balaban J connectivity index is 1.94. The number of hydrogen-bond acceptors (Lipinski definition) is 5. The van der Waals surface area contributed by atoms with Gasteiger partial charge in [-0.25, -0.2) is 13.6 Å². The van der Waals surface area contributed by atoms with Crippen LogP contribution in [0.25, 0.3) is 11.0 Å². The van der Waals surface area contributed by atoms with Crippen molar-refractivity contribution in [2.75, 3.05) is 12.4 Å². The summed E-state index contributed by atoms with van der Waals surface area (Å²) in [5.74, 6) is 0.313. The molecule has 130 valence electrons. The molecule has 0 fully saturated rings. The first kappa shape index (κ1) is 17.0. The number of fused-ring (bicyclic) bond motifs is 1. The number of amides is 1. The second-order valence-electron chi connectivity index (χ2n) is 5.45. The second kappa shape index (κ2) is 6.23. The molecular weight excluding hydrogens is 344 g/mol. The molecule has 0 aliphatic carbocycles. The molecule has 2 aromatic carbocycles. The smallest absolute Gasteiger partial charge is 0.291 e. The quantitative estimate of drug-likeness (QED) is 0.743. The van der Waals surface area contributed by atoms with Crippen LogP contribution in [0.3, 0.4) is 0 Å². The molecule has 25 heavy (non-hydrogen) atoms. The van der Waals surface area contributed by atoms with Crippen LogP contribution in [0.15, 0.2) is 51.8 Å². The van der Waals surface area contributed by atoms with Gasteiger partial charge < -0.3 is 14.5 Å². The van der Waals surface area contributed by atoms with E-state index in [0.29, 0.717) is 22.6 Å². The summed E-state index contributed by atoms with van der Waals surface area (Å²) in [5, 5.41) is 8.48. The number of carbonyl (C=O) groups is 1. The Hall–Kier alpha value is -2.84. The predicted octanol–water partition coefficient (Wildman–Crippen LogP) is 2.65. The van der Waals surface area contributed by atoms with Crippen LogP contribution >= 0.6 is 0 Å². The van der Waals surface area contributed by atoms with Gasteiger partial charge in [0.25, 0.3) is 5.91 Å². The molecule has 0 saturated heterocycles. The minimum absolute atomic E-state index is 0.0867. The summed E-state index contributed by atoms with van der Waals surface area (Å²) in [7, 11) is -2.29. The Morgan fingerprint density at radius 1 is 1.20 bits per heavy atom. The number of anilines is 1. The van der Waals surface area contributed by atoms with Gasteiger partial charge in [0.15, 0.2) is 5.76 Å². The summed E-state index contributed by atoms with van der Waals surface area (Å²) in [6.07, 6.45) is 0. The van der Waals surface area contributed by atoms with Gasteiger partial charge in [0, 0.05) is 16.6 Å². The van der Waals surface area contributed by atoms with Crippen molar-refractivity contribution in [3.63, 3.8) is 0 Å². The summed E-state index contributed by atoms with van der Waals surface area (Å²) in [6, 6.07) is 10.9. The van der Waals surface area contributed by atoms with Crippen molar-refractivity contribution in [1.29, 1.82) is 0 Å². The third-order valence-corrected chi connectivity index (χ3v) is 4.68. The average molecular weight is 360 g/mol. The highest BCUT2D eigenvalue weighted by Crippen LogP contribution is 2.29. The van der Waals surface area contributed by atoms with E-state index < -0.39 is 15.9 Å². The highest BCUT2D eigenvalue weighted by molar-refractivity contribution is 7.89. The number of benzene rings is 2. The molecular formula is C17H16N2O5S. The van der Waals surface area contributed by atoms with Gasteiger partial charge in [-0.05, 0) is 43.3 Å². The molecule has 1 heterocycles. The molecule has 8 heteroatoms. The fourth-order valence-corrected chi connectivity index (χ4v) is 3.04. The number of carbonyl (C=O) groups excluding carboxylic acids is 1. The highest BCUT2D eigenvalue weighted by Gasteiger charge is 2.19. The van der Waals surface area contributed by atoms with Gasteiger partial charge in [-0.2, -0.15) is 0 Å². The van der Waals surface area contributed by atoms with Gasteiger partial charge in [0.2, 0.25) is 10.0 Å². The van der Waals surface area contributed by atoms with E-state index in [1.165, 1.54) is 18.2 Å². The molecule has 0 spiro atoms. The van der Waals surface area contributed by atoms with Crippen molar-refractivity contribution in [3.05, 3.63) is 53.8 Å². The molecule has 3 aromatic rings. The van der Waals surface area contributed by atoms with Crippen molar-refractivity contribution in [3.8, 4) is 5.75 Å². The molecule has 3 rings (SSSR count). The van der Waals surface area contributed by atoms with Crippen LogP contribution < -0.4 is 15.2 Å². The Labute approximate surface area is 144 Å². The third kappa shape index (κ3) is 3.35. The standard InChI is InChI=1S/C17H16N2O5S/c1-10-14-9-12(23-2)6-7-15(14)24-16(10)17(20)19-11-4-3-5-13(8-11)25(18,21)22/h3-9H,1-2H3,(H,19,20)(H2,18,21,22). The maximum atomic E-state index is 12.5. The van der Waals surface area contributed by atoms with E-state index in [9.17, 15) is 13.2 Å². The number of nitrogens with one attached hydrogen (secondary N) is 1. The lowest BCUT2D eigenvalue weighted by Crippen LogP contribution is -2.15. The number of furan rings is 1. The Kier molecular flexibility index (Phi) is 4.23. The van der Waals surface area contributed by atoms with E-state index in [2.05, 4.69) is 5.32 Å². The lowest BCUT2D eigenvalue weighted by molar-refractivity contribution is 0.0998. The third-order valence-electron chi connectivity index (χ3n) is 3.77. The summed E-state index contributed by atoms with van der Waals surface area (Å²) in [4.78, 5) is 12.4. The van der Waals surface area contributed by atoms with E-state index in [4.69, 9.17) is 14.3 Å². The number of nitrogens with two attached hydrogens (primary N) is 1. The Bertz CT molecular complexity index is 1070. The summed E-state index contributed by atoms with van der Waals surface area (Å²) in [5.41, 5.74) is 1.52. The molecule has 0 aliphatic heterocycles. The summed E-state index contributed by atoms with van der Waals surface area (Å²) in [6.45, 7) is 1.76. The number of methoxy groups -OCH3 is 1. The van der Waals surface area contributed by atoms with Crippen molar-refractivity contribution < 1.29 is 22.4 Å². The molecule has 0 saturated carbocycles. The number of sulfonamides is 1. The molecule has 7 nitrogen and oxygen atoms in total. The normalized spacial score (nSPS) is 11.5. The first-order valence-corrected chi connectivity index (χ1v) is 8.85. The molecule has 0 radical (unpaired) electrons. The first-order valence-electron chi connectivity index (χ1n) is 7.31. The van der Waals surface area contributed by atoms with Crippen LogP contribution in [0, 0.1) is 6.92 Å². The molecule has 0 bridgehead atoms. The zero-order chi connectivity index (χ0) is 18.2. The van der Waals surface area contributed by atoms with Gasteiger partial charge in [0.1, 0.15) is 11.3 Å². The van der Waals surface area contributed by atoms with E-state index in [0.717, 1.165) is 5.39 Å². The van der Waals surface area contributed by atoms with Crippen LogP contribution in [0.1, 0.15) is 16.1 Å². The van der Waals surface area contributed by atoms with Gasteiger partial charge in [-0.3, -0.25) is 4.79 Å². The maximum absolute atomic E-state index is 12.5. The van der Waals surface area contributed by atoms with E-state index >= 15 is 0 Å². The lowest BCUT2D eigenvalue weighted by Gasteiger charge is -2.05. The number of rotatable bonds is 4. The van der Waals surface area contributed by atoms with E-state index in [-0.39, 0.29) is 10.7 Å². The highest BCUT2D eigenvalue weighted by atomic mass is 32.2. The van der Waals surface area contributed by atoms with Gasteiger partial charge in [-0.1, -0.05) is 6.07 Å². The zero-order valence-corrected chi connectivity index (χ0v) is 14.4. The number of hydrogen-bond donors (Lipinski definition) is 2. The molecule has 0 unspecified atom stereocenters. The zero-order valence-electron chi connectivity index (χ0n) is 13.6. The monoisotopic (exact) mass is 360 g/mol. The van der Waals surface area contributed by atoms with E-state index in [1.54, 1.807) is 38.3 Å². The minimum Gasteiger partial charge on any atom is -0.497 e. The Morgan fingerprint density at radius 2 is 1.96 bits per heavy atom. The number of ether oxygens (including phenoxy) is 1. The second-order valence-corrected chi connectivity index (χ2v) is 7.01. The molecule has 3 N–H and O–H groups in total. The van der Waals surface area contributed by atoms with Gasteiger partial charge in [-0.15, -0.1) is 0 Å². The van der Waals surface area contributed by atoms with Crippen LogP contribution in [0.4, 0.5) is 5.69 Å². The van der Waals surface area contributed by atoms with Crippen LogP contribution in [-0.2, 0) is 10.0 Å². The van der Waals surface area contributed by atoms with E-state index in [1.807, 2.05) is 0 Å². The topological polar surface area (TPSA) is 112 Å². The number of primary sulfonamides is 1. The van der Waals surface area contributed by atoms with Crippen LogP contribution in [-0.4, -0.2) is 21.4 Å². The van der Waals surface area contributed by atoms with Crippen molar-refractivity contribution in [1.82, 2.24) is 0 Å². The SMILES string of the molecule is COc1ccc2oc(C(=O)Nc3cccc(S(N)(=O)=O)c3)c(C)c2c1. The molecule has 0 aliphatic rings. The number of aryl methyl sites for hydroxylation is 1. The first-order chi connectivity index (χ1) is 11.8. The molecule has 1 aromatic heterocycles. The predicted molar refractivity (Wildman–Crippen MR) is 93.3 cm³/mol. The fourth-order valence-electron chi connectivity index (χ4n) is 2.48. The summed E-state index contributed by atoms with van der Waals surface area (Å²) >= 11 is 0. The summed E-state index contributed by atoms with van der Waals surface area (Å²) < 4.78 is 33.6. The minimum atomic E-state index is -3.85. The Morgan fingerprint density at radius 3 is 2.64 bits per heavy atom. The van der Waals surface area contributed by atoms with Crippen molar-refractivity contribution >= 4 is 32.6 Å². The largest absolute Gasteiger partial charge is 0.497 e. The molecule has 1 amide bonds. The van der Waals surface area contributed by atoms with Crippen molar-refractivity contribution in [2.24, 2.45) is 5.14 Å². The van der Waals surface area contributed by atoms with Crippen LogP contribution in [0.5, 0.6) is 5.75 Å². The van der Waals surface area contributed by atoms with Crippen LogP contribution in [0.2, 0.25) is 0 Å². The average Bonchev–Trinajstić information content (AvgIpc) is 2.91.